The van der Waals surface area contributed by atoms with Crippen LogP contribution in [-0.2, 0) is 0 Å². The molecule has 2 unspecified atom stereocenters. The molecule has 1 rings (SSSR count). The van der Waals surface area contributed by atoms with E-state index in [1.165, 1.54) is 45.2 Å². The van der Waals surface area contributed by atoms with Crippen molar-refractivity contribution in [2.75, 3.05) is 26.7 Å². The molecule has 0 aromatic carbocycles. The van der Waals surface area contributed by atoms with E-state index in [-0.39, 0.29) is 24.0 Å². The number of piperidine rings is 1. The molecule has 2 atom stereocenters. The van der Waals surface area contributed by atoms with E-state index in [9.17, 15) is 0 Å². The number of unbranched alkanes of at least 4 members (excludes halogenated alkanes) is 1. The number of halogens is 1. The molecule has 0 radical (unpaired) electrons. The van der Waals surface area contributed by atoms with Crippen molar-refractivity contribution < 1.29 is 0 Å². The van der Waals surface area contributed by atoms with E-state index in [1.54, 1.807) is 0 Å². The zero-order chi connectivity index (χ0) is 14.8. The van der Waals surface area contributed by atoms with Gasteiger partial charge in [-0.25, -0.2) is 0 Å². The maximum absolute atomic E-state index is 4.32. The summed E-state index contributed by atoms with van der Waals surface area (Å²) in [4.78, 5) is 6.99. The van der Waals surface area contributed by atoms with Crippen molar-refractivity contribution >= 4 is 29.9 Å². The Balaban J connectivity index is 0.00000400. The summed E-state index contributed by atoms with van der Waals surface area (Å²) in [7, 11) is 1.85. The van der Waals surface area contributed by atoms with Crippen molar-refractivity contribution in [3.63, 3.8) is 0 Å². The lowest BCUT2D eigenvalue weighted by Crippen LogP contribution is -2.50. The van der Waals surface area contributed by atoms with E-state index < -0.39 is 0 Å². The smallest absolute Gasteiger partial charge is 0.191 e. The van der Waals surface area contributed by atoms with E-state index in [1.807, 2.05) is 7.05 Å². The van der Waals surface area contributed by atoms with Gasteiger partial charge in [0.2, 0.25) is 0 Å². The van der Waals surface area contributed by atoms with Crippen molar-refractivity contribution in [2.24, 2.45) is 4.99 Å². The maximum Gasteiger partial charge on any atom is 0.191 e. The topological polar surface area (TPSA) is 39.7 Å². The van der Waals surface area contributed by atoms with Crippen molar-refractivity contribution in [2.45, 2.75) is 71.4 Å². The van der Waals surface area contributed by atoms with Gasteiger partial charge in [-0.05, 0) is 45.7 Å². The van der Waals surface area contributed by atoms with Crippen molar-refractivity contribution in [1.29, 1.82) is 0 Å². The lowest BCUT2D eigenvalue weighted by Gasteiger charge is -2.36. The van der Waals surface area contributed by atoms with Crippen LogP contribution in [0, 0.1) is 0 Å². The molecule has 0 aromatic rings. The highest BCUT2D eigenvalue weighted by Gasteiger charge is 2.21. The minimum Gasteiger partial charge on any atom is -0.355 e. The van der Waals surface area contributed by atoms with E-state index in [0.29, 0.717) is 12.1 Å². The third-order valence-electron chi connectivity index (χ3n) is 4.27. The molecule has 2 N–H and O–H groups in total. The first-order valence-electron chi connectivity index (χ1n) is 8.42. The number of hydrogen-bond acceptors (Lipinski definition) is 2. The lowest BCUT2D eigenvalue weighted by molar-refractivity contribution is 0.147. The van der Waals surface area contributed by atoms with Crippen LogP contribution < -0.4 is 10.6 Å². The fourth-order valence-electron chi connectivity index (χ4n) is 2.69. The van der Waals surface area contributed by atoms with Gasteiger partial charge in [0.15, 0.2) is 5.96 Å². The van der Waals surface area contributed by atoms with Gasteiger partial charge in [-0.2, -0.15) is 0 Å². The molecule has 0 saturated carbocycles. The predicted octanol–water partition coefficient (Wildman–Crippen LogP) is 3.22. The third-order valence-corrected chi connectivity index (χ3v) is 4.27. The zero-order valence-electron chi connectivity index (χ0n) is 14.3. The molecule has 0 bridgehead atoms. The highest BCUT2D eigenvalue weighted by molar-refractivity contribution is 14.0. The fraction of sp³-hybridized carbons (Fsp3) is 0.938. The minimum absolute atomic E-state index is 0. The highest BCUT2D eigenvalue weighted by Crippen LogP contribution is 2.16. The van der Waals surface area contributed by atoms with Crippen molar-refractivity contribution in [3.05, 3.63) is 0 Å². The van der Waals surface area contributed by atoms with Gasteiger partial charge in [0.1, 0.15) is 0 Å². The Hall–Kier alpha value is -0.0400. The van der Waals surface area contributed by atoms with Gasteiger partial charge in [0.05, 0.1) is 0 Å². The summed E-state index contributed by atoms with van der Waals surface area (Å²) in [6.45, 7) is 10.2. The van der Waals surface area contributed by atoms with Gasteiger partial charge in [0.25, 0.3) is 0 Å². The standard InChI is InChI=1S/C16H34N4.HI/c1-5-7-11-20-12-9-8-10-15(20)13-18-16(17-4)19-14(3)6-2;/h14-15H,5-13H2,1-4H3,(H2,17,18,19);1H. The average Bonchev–Trinajstić information content (AvgIpc) is 2.49. The maximum atomic E-state index is 4.32. The first-order chi connectivity index (χ1) is 9.71. The van der Waals surface area contributed by atoms with Crippen LogP contribution in [0.2, 0.25) is 0 Å². The summed E-state index contributed by atoms with van der Waals surface area (Å²) in [6.07, 6.45) is 7.76. The second-order valence-electron chi connectivity index (χ2n) is 5.95. The molecule has 126 valence electrons. The molecule has 1 fully saturated rings. The average molecular weight is 410 g/mol. The van der Waals surface area contributed by atoms with Gasteiger partial charge in [-0.3, -0.25) is 9.89 Å². The molecule has 1 heterocycles. The summed E-state index contributed by atoms with van der Waals surface area (Å²) in [5, 5.41) is 6.94. The fourth-order valence-corrected chi connectivity index (χ4v) is 2.69. The summed E-state index contributed by atoms with van der Waals surface area (Å²) in [5.74, 6) is 0.945. The van der Waals surface area contributed by atoms with E-state index in [4.69, 9.17) is 0 Å². The second-order valence-corrected chi connectivity index (χ2v) is 5.95. The van der Waals surface area contributed by atoms with Crippen molar-refractivity contribution in [3.8, 4) is 0 Å². The Bertz CT molecular complexity index is 283. The van der Waals surface area contributed by atoms with Crippen LogP contribution in [0.4, 0.5) is 0 Å². The molecular weight excluding hydrogens is 375 g/mol. The van der Waals surface area contributed by atoms with E-state index >= 15 is 0 Å². The molecule has 0 aliphatic carbocycles. The van der Waals surface area contributed by atoms with Crippen molar-refractivity contribution in [1.82, 2.24) is 15.5 Å². The van der Waals surface area contributed by atoms with Crippen LogP contribution in [0.25, 0.3) is 0 Å². The van der Waals surface area contributed by atoms with Crippen LogP contribution >= 0.6 is 24.0 Å². The summed E-state index contributed by atoms with van der Waals surface area (Å²) in [5.41, 5.74) is 0. The molecule has 21 heavy (non-hydrogen) atoms. The molecular formula is C16H35IN4. The van der Waals surface area contributed by atoms with E-state index in [0.717, 1.165) is 18.9 Å². The Morgan fingerprint density at radius 2 is 2.10 bits per heavy atom. The number of nitrogens with zero attached hydrogens (tertiary/aromatic N) is 2. The quantitative estimate of drug-likeness (QED) is 0.385. The molecule has 1 aliphatic heterocycles. The number of aliphatic imine (C=N–C) groups is 1. The third kappa shape index (κ3) is 8.24. The van der Waals surface area contributed by atoms with Crippen LogP contribution in [-0.4, -0.2) is 49.6 Å². The highest BCUT2D eigenvalue weighted by atomic mass is 127. The van der Waals surface area contributed by atoms with Crippen LogP contribution in [0.15, 0.2) is 4.99 Å². The molecule has 5 heteroatoms. The lowest BCUT2D eigenvalue weighted by atomic mass is 10.0. The van der Waals surface area contributed by atoms with Crippen LogP contribution in [0.1, 0.15) is 59.3 Å². The summed E-state index contributed by atoms with van der Waals surface area (Å²) in [6, 6.07) is 1.15. The number of rotatable bonds is 7. The van der Waals surface area contributed by atoms with Crippen LogP contribution in [0.3, 0.4) is 0 Å². The number of guanidine groups is 1. The predicted molar refractivity (Wildman–Crippen MR) is 104 cm³/mol. The minimum atomic E-state index is 0. The Morgan fingerprint density at radius 3 is 2.71 bits per heavy atom. The first-order valence-corrected chi connectivity index (χ1v) is 8.42. The Morgan fingerprint density at radius 1 is 1.33 bits per heavy atom. The van der Waals surface area contributed by atoms with Crippen LogP contribution in [0.5, 0.6) is 0 Å². The Labute approximate surface area is 148 Å². The second kappa shape index (κ2) is 12.5. The monoisotopic (exact) mass is 410 g/mol. The van der Waals surface area contributed by atoms with Gasteiger partial charge in [0, 0.05) is 25.7 Å². The summed E-state index contributed by atoms with van der Waals surface area (Å²) >= 11 is 0. The molecule has 0 amide bonds. The normalized spacial score (nSPS) is 21.5. The molecule has 0 aromatic heterocycles. The van der Waals surface area contributed by atoms with Gasteiger partial charge >= 0.3 is 0 Å². The zero-order valence-corrected chi connectivity index (χ0v) is 16.7. The number of hydrogen-bond donors (Lipinski definition) is 2. The number of nitrogens with one attached hydrogen (secondary N) is 2. The molecule has 1 saturated heterocycles. The largest absolute Gasteiger partial charge is 0.355 e. The first kappa shape index (κ1) is 21.0. The SMILES string of the molecule is CCCCN1CCCCC1CNC(=NC)NC(C)CC.I. The number of likely N-dealkylation sites (tertiary alicyclic amines) is 1. The molecule has 4 nitrogen and oxygen atoms in total. The Kier molecular flexibility index (Phi) is 12.5. The molecule has 0 spiro atoms. The molecule has 1 aliphatic rings. The van der Waals surface area contributed by atoms with Gasteiger partial charge in [-0.15, -0.1) is 24.0 Å². The van der Waals surface area contributed by atoms with Gasteiger partial charge in [-0.1, -0.05) is 26.7 Å². The van der Waals surface area contributed by atoms with Gasteiger partial charge < -0.3 is 10.6 Å². The van der Waals surface area contributed by atoms with E-state index in [2.05, 4.69) is 41.3 Å². The summed E-state index contributed by atoms with van der Waals surface area (Å²) < 4.78 is 0.